The van der Waals surface area contributed by atoms with Crippen molar-refractivity contribution in [1.82, 2.24) is 18.8 Å². The van der Waals surface area contributed by atoms with E-state index >= 15 is 0 Å². The number of amides is 1. The van der Waals surface area contributed by atoms with E-state index in [0.717, 1.165) is 10.7 Å². The molecule has 0 saturated carbocycles. The summed E-state index contributed by atoms with van der Waals surface area (Å²) in [6.07, 6.45) is 0. The monoisotopic (exact) mass is 482 g/mol. The molecule has 2 aromatic rings. The average molecular weight is 483 g/mol. The number of benzene rings is 1. The van der Waals surface area contributed by atoms with Gasteiger partial charge in [0.05, 0.1) is 34.4 Å². The number of hydrogen-bond donors (Lipinski definition) is 0. The van der Waals surface area contributed by atoms with Crippen LogP contribution in [0.3, 0.4) is 0 Å². The Balaban J connectivity index is 1.91. The number of hydrogen-bond acceptors (Lipinski definition) is 6. The third-order valence-electron chi connectivity index (χ3n) is 5.61. The maximum atomic E-state index is 13.1. The van der Waals surface area contributed by atoms with E-state index in [4.69, 9.17) is 9.72 Å². The number of morpholine rings is 1. The Hall–Kier alpha value is -1.62. The van der Waals surface area contributed by atoms with E-state index in [1.165, 1.54) is 16.1 Å². The smallest absolute Gasteiger partial charge is 0.243 e. The van der Waals surface area contributed by atoms with Gasteiger partial charge in [0.1, 0.15) is 0 Å². The van der Waals surface area contributed by atoms with E-state index in [1.807, 2.05) is 57.1 Å². The zero-order valence-electron chi connectivity index (χ0n) is 19.7. The number of carbonyl (C=O) groups is 1. The summed E-state index contributed by atoms with van der Waals surface area (Å²) in [4.78, 5) is 19.9. The van der Waals surface area contributed by atoms with Crippen LogP contribution in [0.15, 0.2) is 28.3 Å². The third-order valence-corrected chi connectivity index (χ3v) is 8.58. The third kappa shape index (κ3) is 4.98. The van der Waals surface area contributed by atoms with Gasteiger partial charge in [0.25, 0.3) is 0 Å². The van der Waals surface area contributed by atoms with Crippen molar-refractivity contribution < 1.29 is 17.9 Å². The fraction of sp³-hybridized carbons (Fsp3) is 0.636. The predicted molar refractivity (Wildman–Crippen MR) is 127 cm³/mol. The zero-order valence-corrected chi connectivity index (χ0v) is 21.4. The number of aryl methyl sites for hydroxylation is 1. The molecule has 178 valence electrons. The molecular weight excluding hydrogens is 448 g/mol. The number of sulfonamides is 1. The minimum atomic E-state index is -3.59. The highest BCUT2D eigenvalue weighted by Crippen LogP contribution is 2.30. The molecule has 1 aliphatic rings. The van der Waals surface area contributed by atoms with Crippen molar-refractivity contribution in [3.8, 4) is 0 Å². The lowest BCUT2D eigenvalue weighted by Crippen LogP contribution is -2.45. The lowest BCUT2D eigenvalue weighted by molar-refractivity contribution is -0.133. The van der Waals surface area contributed by atoms with Gasteiger partial charge in [0.15, 0.2) is 5.16 Å². The van der Waals surface area contributed by atoms with Gasteiger partial charge in [-0.25, -0.2) is 13.4 Å². The van der Waals surface area contributed by atoms with Gasteiger partial charge in [-0.1, -0.05) is 11.8 Å². The van der Waals surface area contributed by atoms with Crippen LogP contribution in [-0.4, -0.2) is 76.7 Å². The van der Waals surface area contributed by atoms with Crippen molar-refractivity contribution in [1.29, 1.82) is 0 Å². The summed E-state index contributed by atoms with van der Waals surface area (Å²) in [7, 11) is -3.59. The van der Waals surface area contributed by atoms with Gasteiger partial charge < -0.3 is 14.2 Å². The molecule has 1 aromatic heterocycles. The number of carbonyl (C=O) groups excluding carboxylic acids is 1. The maximum Gasteiger partial charge on any atom is 0.243 e. The predicted octanol–water partition coefficient (Wildman–Crippen LogP) is 3.20. The van der Waals surface area contributed by atoms with E-state index < -0.39 is 10.0 Å². The first-order chi connectivity index (χ1) is 15.1. The van der Waals surface area contributed by atoms with Gasteiger partial charge in [-0.2, -0.15) is 4.31 Å². The van der Waals surface area contributed by atoms with Crippen LogP contribution in [0.2, 0.25) is 0 Å². The van der Waals surface area contributed by atoms with Crippen molar-refractivity contribution in [3.63, 3.8) is 0 Å². The Morgan fingerprint density at radius 2 is 1.78 bits per heavy atom. The highest BCUT2D eigenvalue weighted by atomic mass is 32.2. The van der Waals surface area contributed by atoms with E-state index in [-0.39, 0.29) is 28.1 Å². The number of imidazole rings is 1. The molecule has 0 bridgehead atoms. The molecule has 0 radical (unpaired) electrons. The molecule has 1 fully saturated rings. The summed E-state index contributed by atoms with van der Waals surface area (Å²) in [6, 6.07) is 5.32. The standard InChI is InChI=1S/C22H34N4O4S2/c1-7-25-20-9-8-18(32(28,29)24-10-12-30-13-11-24)14-19(20)23-22(25)31-17(6)21(27)26(15(2)3)16(4)5/h8-9,14-17H,7,10-13H2,1-6H3. The first-order valence-corrected chi connectivity index (χ1v) is 13.5. The molecular formula is C22H34N4O4S2. The molecule has 1 aromatic carbocycles. The maximum absolute atomic E-state index is 13.1. The Labute approximate surface area is 195 Å². The van der Waals surface area contributed by atoms with Gasteiger partial charge in [0.2, 0.25) is 15.9 Å². The van der Waals surface area contributed by atoms with Crippen molar-refractivity contribution >= 4 is 38.7 Å². The number of aromatic nitrogens is 2. The topological polar surface area (TPSA) is 84.7 Å². The average Bonchev–Trinajstić information content (AvgIpc) is 3.09. The van der Waals surface area contributed by atoms with E-state index in [1.54, 1.807) is 12.1 Å². The van der Waals surface area contributed by atoms with Crippen molar-refractivity contribution in [2.75, 3.05) is 26.3 Å². The second-order valence-electron chi connectivity index (χ2n) is 8.50. The number of ether oxygens (including phenoxy) is 1. The lowest BCUT2D eigenvalue weighted by atomic mass is 10.2. The molecule has 10 heteroatoms. The lowest BCUT2D eigenvalue weighted by Gasteiger charge is -2.32. The highest BCUT2D eigenvalue weighted by Gasteiger charge is 2.29. The summed E-state index contributed by atoms with van der Waals surface area (Å²) in [5, 5.41) is 0.412. The Morgan fingerprint density at radius 1 is 1.16 bits per heavy atom. The highest BCUT2D eigenvalue weighted by molar-refractivity contribution is 8.00. The fourth-order valence-corrected chi connectivity index (χ4v) is 6.58. The quantitative estimate of drug-likeness (QED) is 0.537. The zero-order chi connectivity index (χ0) is 23.6. The number of nitrogens with zero attached hydrogens (tertiary/aromatic N) is 4. The second kappa shape index (κ2) is 10.1. The van der Waals surface area contributed by atoms with Gasteiger partial charge in [-0.05, 0) is 59.7 Å². The van der Waals surface area contributed by atoms with Crippen molar-refractivity contribution in [3.05, 3.63) is 18.2 Å². The molecule has 0 spiro atoms. The molecule has 0 N–H and O–H groups in total. The van der Waals surface area contributed by atoms with Gasteiger partial charge in [-0.3, -0.25) is 4.79 Å². The molecule has 1 saturated heterocycles. The molecule has 8 nitrogen and oxygen atoms in total. The Morgan fingerprint density at radius 3 is 2.34 bits per heavy atom. The molecule has 0 aliphatic carbocycles. The largest absolute Gasteiger partial charge is 0.379 e. The van der Waals surface area contributed by atoms with Crippen molar-refractivity contribution in [2.45, 2.75) is 75.5 Å². The van der Waals surface area contributed by atoms with Crippen LogP contribution in [0, 0.1) is 0 Å². The minimum absolute atomic E-state index is 0.0743. The van der Waals surface area contributed by atoms with Gasteiger partial charge >= 0.3 is 0 Å². The SMILES string of the molecule is CCn1c(SC(C)C(=O)N(C(C)C)C(C)C)nc2cc(S(=O)(=O)N3CCOCC3)ccc21. The normalized spacial score (nSPS) is 16.8. The first kappa shape index (κ1) is 25.0. The Bertz CT molecular complexity index is 1050. The van der Waals surface area contributed by atoms with Gasteiger partial charge in [-0.15, -0.1) is 0 Å². The van der Waals surface area contributed by atoms with Crippen LogP contribution < -0.4 is 0 Å². The summed E-state index contributed by atoms with van der Waals surface area (Å²) in [5.41, 5.74) is 1.48. The molecule has 2 heterocycles. The van der Waals surface area contributed by atoms with Crippen LogP contribution in [0.25, 0.3) is 11.0 Å². The van der Waals surface area contributed by atoms with Crippen LogP contribution in [0.4, 0.5) is 0 Å². The molecule has 1 amide bonds. The van der Waals surface area contributed by atoms with E-state index in [9.17, 15) is 13.2 Å². The molecule has 32 heavy (non-hydrogen) atoms. The van der Waals surface area contributed by atoms with E-state index in [0.29, 0.717) is 38.4 Å². The van der Waals surface area contributed by atoms with Crippen LogP contribution in [-0.2, 0) is 26.1 Å². The van der Waals surface area contributed by atoms with Gasteiger partial charge in [0, 0.05) is 31.7 Å². The summed E-state index contributed by atoms with van der Waals surface area (Å²) < 4.78 is 34.9. The second-order valence-corrected chi connectivity index (χ2v) is 11.7. The molecule has 3 rings (SSSR count). The van der Waals surface area contributed by atoms with Crippen molar-refractivity contribution in [2.24, 2.45) is 0 Å². The number of fused-ring (bicyclic) bond motifs is 1. The summed E-state index contributed by atoms with van der Waals surface area (Å²) in [6.45, 7) is 14.2. The van der Waals surface area contributed by atoms with Crippen LogP contribution in [0.1, 0.15) is 41.5 Å². The number of thioether (sulfide) groups is 1. The Kier molecular flexibility index (Phi) is 7.90. The van der Waals surface area contributed by atoms with Crippen LogP contribution >= 0.6 is 11.8 Å². The number of rotatable bonds is 8. The molecule has 1 aliphatic heterocycles. The summed E-state index contributed by atoms with van der Waals surface area (Å²) >= 11 is 1.42. The van der Waals surface area contributed by atoms with E-state index in [2.05, 4.69) is 0 Å². The first-order valence-electron chi connectivity index (χ1n) is 11.1. The fourth-order valence-electron chi connectivity index (χ4n) is 4.10. The summed E-state index contributed by atoms with van der Waals surface area (Å²) in [5.74, 6) is 0.0743. The van der Waals surface area contributed by atoms with Crippen LogP contribution in [0.5, 0.6) is 0 Å². The molecule has 1 atom stereocenters. The minimum Gasteiger partial charge on any atom is -0.379 e. The molecule has 1 unspecified atom stereocenters.